The second kappa shape index (κ2) is 5.64. The largest absolute Gasteiger partial charge is 0.366 e. The van der Waals surface area contributed by atoms with Crippen molar-refractivity contribution in [3.63, 3.8) is 0 Å². The molecule has 0 bridgehead atoms. The van der Waals surface area contributed by atoms with Gasteiger partial charge in [0.1, 0.15) is 6.61 Å². The molecular formula is C18H22N2O3. The summed E-state index contributed by atoms with van der Waals surface area (Å²) in [5, 5.41) is 0. The van der Waals surface area contributed by atoms with Gasteiger partial charge in [0.15, 0.2) is 0 Å². The van der Waals surface area contributed by atoms with E-state index in [1.165, 1.54) is 17.5 Å². The highest BCUT2D eigenvalue weighted by molar-refractivity contribution is 5.94. The van der Waals surface area contributed by atoms with E-state index < -0.39 is 0 Å². The third kappa shape index (κ3) is 2.53. The Morgan fingerprint density at radius 3 is 2.96 bits per heavy atom. The molecule has 0 aromatic heterocycles. The molecule has 2 fully saturated rings. The van der Waals surface area contributed by atoms with Crippen LogP contribution in [0.4, 0.5) is 0 Å². The van der Waals surface area contributed by atoms with Gasteiger partial charge in [0.25, 0.3) is 5.91 Å². The van der Waals surface area contributed by atoms with Crippen LogP contribution in [0.25, 0.3) is 0 Å². The number of likely N-dealkylation sites (tertiary alicyclic amines) is 1. The number of amides is 2. The van der Waals surface area contributed by atoms with Gasteiger partial charge in [0, 0.05) is 25.7 Å². The molecule has 2 aliphatic heterocycles. The molecule has 2 saturated heterocycles. The summed E-state index contributed by atoms with van der Waals surface area (Å²) < 4.78 is 5.63. The molecule has 2 amide bonds. The standard InChI is InChI=1S/C18H22N2O3/c1-19-15-10-20(8-7-16(15)23-11-17(19)21)18(22)14-6-5-12-3-2-4-13(12)9-14/h5-6,9,15-16H,2-4,7-8,10-11H2,1H3/t15-,16+/m0/s1. The van der Waals surface area contributed by atoms with E-state index in [-0.39, 0.29) is 30.6 Å². The van der Waals surface area contributed by atoms with Crippen LogP contribution in [-0.2, 0) is 22.4 Å². The van der Waals surface area contributed by atoms with Gasteiger partial charge in [-0.2, -0.15) is 0 Å². The maximum Gasteiger partial charge on any atom is 0.253 e. The van der Waals surface area contributed by atoms with Gasteiger partial charge in [-0.25, -0.2) is 0 Å². The second-order valence-electron chi connectivity index (χ2n) is 6.80. The number of rotatable bonds is 1. The lowest BCUT2D eigenvalue weighted by Crippen LogP contribution is -2.61. The number of hydrogen-bond acceptors (Lipinski definition) is 3. The lowest BCUT2D eigenvalue weighted by Gasteiger charge is -2.45. The zero-order chi connectivity index (χ0) is 16.0. The Kier molecular flexibility index (Phi) is 3.60. The molecule has 1 aliphatic carbocycles. The van der Waals surface area contributed by atoms with Crippen molar-refractivity contribution in [1.29, 1.82) is 0 Å². The monoisotopic (exact) mass is 314 g/mol. The quantitative estimate of drug-likeness (QED) is 0.784. The number of carbonyl (C=O) groups is 2. The van der Waals surface area contributed by atoms with Crippen LogP contribution in [0, 0.1) is 0 Å². The van der Waals surface area contributed by atoms with Gasteiger partial charge in [-0.3, -0.25) is 9.59 Å². The van der Waals surface area contributed by atoms with Crippen LogP contribution in [0.3, 0.4) is 0 Å². The molecule has 0 saturated carbocycles. The maximum atomic E-state index is 12.8. The van der Waals surface area contributed by atoms with Crippen molar-refractivity contribution in [2.24, 2.45) is 0 Å². The molecule has 5 heteroatoms. The molecule has 1 aromatic carbocycles. The smallest absolute Gasteiger partial charge is 0.253 e. The first-order valence-electron chi connectivity index (χ1n) is 8.42. The molecule has 4 rings (SSSR count). The van der Waals surface area contributed by atoms with Gasteiger partial charge in [0.2, 0.25) is 5.91 Å². The molecule has 2 atom stereocenters. The summed E-state index contributed by atoms with van der Waals surface area (Å²) >= 11 is 0. The van der Waals surface area contributed by atoms with E-state index in [1.807, 2.05) is 18.0 Å². The SMILES string of the molecule is CN1C(=O)CO[C@@H]2CCN(C(=O)c3ccc4c(c3)CCC4)C[C@@H]21. The van der Waals surface area contributed by atoms with Crippen molar-refractivity contribution in [2.45, 2.75) is 37.8 Å². The Labute approximate surface area is 136 Å². The van der Waals surface area contributed by atoms with E-state index in [9.17, 15) is 9.59 Å². The molecule has 0 unspecified atom stereocenters. The third-order valence-electron chi connectivity index (χ3n) is 5.46. The van der Waals surface area contributed by atoms with E-state index in [1.54, 1.807) is 4.90 Å². The van der Waals surface area contributed by atoms with E-state index in [0.29, 0.717) is 13.1 Å². The van der Waals surface area contributed by atoms with E-state index >= 15 is 0 Å². The Balaban J connectivity index is 1.52. The van der Waals surface area contributed by atoms with E-state index in [2.05, 4.69) is 12.1 Å². The zero-order valence-electron chi connectivity index (χ0n) is 13.5. The van der Waals surface area contributed by atoms with Gasteiger partial charge in [-0.15, -0.1) is 0 Å². The van der Waals surface area contributed by atoms with Crippen molar-refractivity contribution in [3.8, 4) is 0 Å². The van der Waals surface area contributed by atoms with Crippen LogP contribution in [0.1, 0.15) is 34.3 Å². The fraction of sp³-hybridized carbons (Fsp3) is 0.556. The number of ether oxygens (including phenoxy) is 1. The van der Waals surface area contributed by atoms with Gasteiger partial charge >= 0.3 is 0 Å². The highest BCUT2D eigenvalue weighted by atomic mass is 16.5. The first kappa shape index (κ1) is 14.7. The molecule has 1 aromatic rings. The minimum absolute atomic E-state index is 0.00178. The maximum absolute atomic E-state index is 12.8. The van der Waals surface area contributed by atoms with Gasteiger partial charge in [-0.05, 0) is 48.9 Å². The van der Waals surface area contributed by atoms with Crippen LogP contribution >= 0.6 is 0 Å². The number of carbonyl (C=O) groups excluding carboxylic acids is 2. The lowest BCUT2D eigenvalue weighted by atomic mass is 9.97. The van der Waals surface area contributed by atoms with Crippen LogP contribution in [0.15, 0.2) is 18.2 Å². The minimum atomic E-state index is -0.0247. The van der Waals surface area contributed by atoms with Crippen LogP contribution in [0.2, 0.25) is 0 Å². The number of hydrogen-bond donors (Lipinski definition) is 0. The second-order valence-corrected chi connectivity index (χ2v) is 6.80. The van der Waals surface area contributed by atoms with E-state index in [4.69, 9.17) is 4.74 Å². The number of nitrogens with zero attached hydrogens (tertiary/aromatic N) is 2. The van der Waals surface area contributed by atoms with Crippen molar-refractivity contribution < 1.29 is 14.3 Å². The number of fused-ring (bicyclic) bond motifs is 2. The van der Waals surface area contributed by atoms with Gasteiger partial charge in [-0.1, -0.05) is 6.07 Å². The van der Waals surface area contributed by atoms with Crippen LogP contribution < -0.4 is 0 Å². The number of piperidine rings is 1. The number of aryl methyl sites for hydroxylation is 2. The first-order chi connectivity index (χ1) is 11.1. The molecule has 2 heterocycles. The van der Waals surface area contributed by atoms with Crippen molar-refractivity contribution >= 4 is 11.8 Å². The normalized spacial score (nSPS) is 26.9. The molecule has 0 N–H and O–H groups in total. The Bertz CT molecular complexity index is 658. The Morgan fingerprint density at radius 2 is 2.09 bits per heavy atom. The lowest BCUT2D eigenvalue weighted by molar-refractivity contribution is -0.159. The highest BCUT2D eigenvalue weighted by Crippen LogP contribution is 2.26. The fourth-order valence-corrected chi connectivity index (χ4v) is 4.01. The number of likely N-dealkylation sites (N-methyl/N-ethyl adjacent to an activating group) is 1. The number of morpholine rings is 1. The van der Waals surface area contributed by atoms with Crippen LogP contribution in [0.5, 0.6) is 0 Å². The highest BCUT2D eigenvalue weighted by Gasteiger charge is 2.40. The van der Waals surface area contributed by atoms with Crippen LogP contribution in [-0.4, -0.2) is 60.5 Å². The molecule has 3 aliphatic rings. The summed E-state index contributed by atoms with van der Waals surface area (Å²) in [6.07, 6.45) is 4.24. The molecule has 0 radical (unpaired) electrons. The molecule has 5 nitrogen and oxygen atoms in total. The summed E-state index contributed by atoms with van der Waals surface area (Å²) in [4.78, 5) is 28.3. The third-order valence-corrected chi connectivity index (χ3v) is 5.46. The molecule has 23 heavy (non-hydrogen) atoms. The zero-order valence-corrected chi connectivity index (χ0v) is 13.5. The Morgan fingerprint density at radius 1 is 1.26 bits per heavy atom. The molecule has 122 valence electrons. The van der Waals surface area contributed by atoms with Crippen molar-refractivity contribution in [1.82, 2.24) is 9.80 Å². The average Bonchev–Trinajstić information content (AvgIpc) is 3.05. The molecule has 0 spiro atoms. The number of benzene rings is 1. The van der Waals surface area contributed by atoms with Gasteiger partial charge < -0.3 is 14.5 Å². The fourth-order valence-electron chi connectivity index (χ4n) is 4.01. The Hall–Kier alpha value is -1.88. The predicted octanol–water partition coefficient (Wildman–Crippen LogP) is 1.25. The average molecular weight is 314 g/mol. The first-order valence-corrected chi connectivity index (χ1v) is 8.42. The topological polar surface area (TPSA) is 49.9 Å². The summed E-state index contributed by atoms with van der Waals surface area (Å²) in [5.41, 5.74) is 3.47. The predicted molar refractivity (Wildman–Crippen MR) is 85.3 cm³/mol. The van der Waals surface area contributed by atoms with E-state index in [0.717, 1.165) is 24.8 Å². The summed E-state index contributed by atoms with van der Waals surface area (Å²) in [6.45, 7) is 1.42. The summed E-state index contributed by atoms with van der Waals surface area (Å²) in [7, 11) is 1.81. The van der Waals surface area contributed by atoms with Crippen molar-refractivity contribution in [3.05, 3.63) is 34.9 Å². The summed E-state index contributed by atoms with van der Waals surface area (Å²) in [6, 6.07) is 6.08. The van der Waals surface area contributed by atoms with Crippen molar-refractivity contribution in [2.75, 3.05) is 26.7 Å². The minimum Gasteiger partial charge on any atom is -0.366 e. The van der Waals surface area contributed by atoms with Gasteiger partial charge in [0.05, 0.1) is 12.1 Å². The summed E-state index contributed by atoms with van der Waals surface area (Å²) in [5.74, 6) is 0.0719. The molecular weight excluding hydrogens is 292 g/mol.